The van der Waals surface area contributed by atoms with Gasteiger partial charge in [-0.3, -0.25) is 0 Å². The van der Waals surface area contributed by atoms with Gasteiger partial charge in [0.1, 0.15) is 0 Å². The summed E-state index contributed by atoms with van der Waals surface area (Å²) in [5.74, 6) is -2.25. The Bertz CT molecular complexity index is 342. The lowest BCUT2D eigenvalue weighted by Gasteiger charge is -2.18. The van der Waals surface area contributed by atoms with Gasteiger partial charge in [-0.15, -0.1) is 0 Å². The topological polar surface area (TPSA) is 74.6 Å². The van der Waals surface area contributed by atoms with Crippen molar-refractivity contribution in [2.45, 2.75) is 59.8 Å². The third kappa shape index (κ3) is 5.90. The van der Waals surface area contributed by atoms with E-state index in [9.17, 15) is 19.8 Å². The van der Waals surface area contributed by atoms with E-state index in [4.69, 9.17) is 0 Å². The molecular formula is C15H26O4. The lowest BCUT2D eigenvalue weighted by molar-refractivity contribution is -0.136. The normalized spacial score (nSPS) is 14.2. The molecule has 0 spiro atoms. The molecule has 4 nitrogen and oxygen atoms in total. The third-order valence-electron chi connectivity index (χ3n) is 3.43. The summed E-state index contributed by atoms with van der Waals surface area (Å²) >= 11 is 0. The number of carbonyl (C=O) groups is 2. The van der Waals surface area contributed by atoms with Gasteiger partial charge >= 0.3 is 11.9 Å². The number of carboxylic acid groups (broad SMARTS) is 2. The van der Waals surface area contributed by atoms with Crippen LogP contribution in [0.25, 0.3) is 0 Å². The van der Waals surface area contributed by atoms with Crippen molar-refractivity contribution >= 4 is 11.9 Å². The molecule has 0 saturated carbocycles. The van der Waals surface area contributed by atoms with Crippen LogP contribution >= 0.6 is 0 Å². The second kappa shape index (κ2) is 8.73. The predicted molar refractivity (Wildman–Crippen MR) is 75.1 cm³/mol. The minimum absolute atomic E-state index is 0.0439. The van der Waals surface area contributed by atoms with Crippen LogP contribution in [-0.4, -0.2) is 22.2 Å². The number of aliphatic carboxylic acids is 2. The minimum atomic E-state index is -1.11. The Morgan fingerprint density at radius 3 is 1.95 bits per heavy atom. The van der Waals surface area contributed by atoms with Crippen LogP contribution in [0.15, 0.2) is 11.1 Å². The van der Waals surface area contributed by atoms with Crippen molar-refractivity contribution in [3.63, 3.8) is 0 Å². The van der Waals surface area contributed by atoms with Gasteiger partial charge in [0.25, 0.3) is 0 Å². The van der Waals surface area contributed by atoms with Crippen LogP contribution in [0, 0.1) is 11.8 Å². The number of rotatable bonds is 9. The number of carboxylic acids is 2. The molecule has 1 atom stereocenters. The Morgan fingerprint density at radius 2 is 1.63 bits per heavy atom. The highest BCUT2D eigenvalue weighted by molar-refractivity contribution is 5.99. The van der Waals surface area contributed by atoms with Crippen molar-refractivity contribution in [1.29, 1.82) is 0 Å². The highest BCUT2D eigenvalue weighted by Crippen LogP contribution is 2.26. The van der Waals surface area contributed by atoms with Crippen molar-refractivity contribution in [2.24, 2.45) is 11.8 Å². The molecule has 0 aliphatic rings. The first kappa shape index (κ1) is 17.7. The molecule has 0 fully saturated rings. The summed E-state index contributed by atoms with van der Waals surface area (Å²) in [6.45, 7) is 7.56. The molecular weight excluding hydrogens is 244 g/mol. The number of hydrogen-bond donors (Lipinski definition) is 2. The van der Waals surface area contributed by atoms with Gasteiger partial charge in [0, 0.05) is 11.1 Å². The smallest absolute Gasteiger partial charge is 0.332 e. The molecule has 0 rings (SSSR count). The van der Waals surface area contributed by atoms with E-state index < -0.39 is 11.9 Å². The average molecular weight is 270 g/mol. The minimum Gasteiger partial charge on any atom is -0.478 e. The van der Waals surface area contributed by atoms with E-state index in [1.807, 2.05) is 6.92 Å². The van der Waals surface area contributed by atoms with Crippen molar-refractivity contribution < 1.29 is 19.8 Å². The fraction of sp³-hybridized carbons (Fsp3) is 0.733. The lowest BCUT2D eigenvalue weighted by atomic mass is 9.87. The molecule has 0 heterocycles. The first-order valence-corrected chi connectivity index (χ1v) is 7.04. The molecule has 0 bridgehead atoms. The molecule has 2 N–H and O–H groups in total. The molecule has 19 heavy (non-hydrogen) atoms. The summed E-state index contributed by atoms with van der Waals surface area (Å²) in [5, 5.41) is 18.5. The maximum Gasteiger partial charge on any atom is 0.332 e. The van der Waals surface area contributed by atoms with Crippen LogP contribution in [-0.2, 0) is 9.59 Å². The Kier molecular flexibility index (Phi) is 8.12. The van der Waals surface area contributed by atoms with Crippen LogP contribution in [0.3, 0.4) is 0 Å². The van der Waals surface area contributed by atoms with Crippen LogP contribution in [0.4, 0.5) is 0 Å². The van der Waals surface area contributed by atoms with Gasteiger partial charge in [-0.05, 0) is 18.3 Å². The van der Waals surface area contributed by atoms with Crippen molar-refractivity contribution in [2.75, 3.05) is 0 Å². The molecule has 0 aliphatic carbocycles. The first-order valence-electron chi connectivity index (χ1n) is 7.04. The van der Waals surface area contributed by atoms with E-state index in [0.29, 0.717) is 6.42 Å². The zero-order valence-electron chi connectivity index (χ0n) is 12.4. The van der Waals surface area contributed by atoms with E-state index in [0.717, 1.165) is 25.7 Å². The fourth-order valence-electron chi connectivity index (χ4n) is 2.27. The Labute approximate surface area is 115 Å². The van der Waals surface area contributed by atoms with Crippen molar-refractivity contribution in [1.82, 2.24) is 0 Å². The predicted octanol–water partition coefficient (Wildman–Crippen LogP) is 3.71. The molecule has 0 amide bonds. The van der Waals surface area contributed by atoms with Gasteiger partial charge in [-0.25, -0.2) is 9.59 Å². The Hall–Kier alpha value is -1.32. The largest absolute Gasteiger partial charge is 0.478 e. The summed E-state index contributed by atoms with van der Waals surface area (Å²) in [6.07, 6.45) is 4.30. The molecule has 0 saturated heterocycles. The Balaban J connectivity index is 5.24. The highest BCUT2D eigenvalue weighted by atomic mass is 16.4. The van der Waals surface area contributed by atoms with E-state index in [-0.39, 0.29) is 23.0 Å². The summed E-state index contributed by atoms with van der Waals surface area (Å²) in [5.41, 5.74) is 0.118. The molecule has 1 unspecified atom stereocenters. The van der Waals surface area contributed by atoms with Gasteiger partial charge in [0.2, 0.25) is 0 Å². The van der Waals surface area contributed by atoms with Gasteiger partial charge in [0.15, 0.2) is 0 Å². The maximum atomic E-state index is 11.4. The van der Waals surface area contributed by atoms with Crippen molar-refractivity contribution in [3.8, 4) is 0 Å². The fourth-order valence-corrected chi connectivity index (χ4v) is 2.27. The third-order valence-corrected chi connectivity index (χ3v) is 3.43. The summed E-state index contributed by atoms with van der Waals surface area (Å²) in [6, 6.07) is 0. The number of unbranched alkanes of at least 4 members (excludes halogenated alkanes) is 1. The van der Waals surface area contributed by atoms with Crippen LogP contribution in [0.2, 0.25) is 0 Å². The second-order valence-corrected chi connectivity index (χ2v) is 5.28. The molecule has 4 heteroatoms. The first-order chi connectivity index (χ1) is 8.84. The van der Waals surface area contributed by atoms with Gasteiger partial charge in [-0.2, -0.15) is 0 Å². The lowest BCUT2D eigenvalue weighted by Crippen LogP contribution is -2.18. The summed E-state index contributed by atoms with van der Waals surface area (Å²) < 4.78 is 0. The van der Waals surface area contributed by atoms with Crippen molar-refractivity contribution in [3.05, 3.63) is 11.1 Å². The number of hydrogen-bond acceptors (Lipinski definition) is 2. The van der Waals surface area contributed by atoms with Gasteiger partial charge in [0.05, 0.1) is 0 Å². The molecule has 0 aromatic heterocycles. The molecule has 0 aromatic carbocycles. The summed E-state index contributed by atoms with van der Waals surface area (Å²) in [4.78, 5) is 22.6. The van der Waals surface area contributed by atoms with E-state index in [1.165, 1.54) is 0 Å². The van der Waals surface area contributed by atoms with Crippen LogP contribution in [0.5, 0.6) is 0 Å². The Morgan fingerprint density at radius 1 is 1.05 bits per heavy atom. The van der Waals surface area contributed by atoms with E-state index in [1.54, 1.807) is 13.8 Å². The molecule has 0 aromatic rings. The zero-order valence-corrected chi connectivity index (χ0v) is 12.4. The quantitative estimate of drug-likeness (QED) is 0.626. The summed E-state index contributed by atoms with van der Waals surface area (Å²) in [7, 11) is 0. The van der Waals surface area contributed by atoms with E-state index in [2.05, 4.69) is 6.92 Å². The SMILES string of the molecule is CCCCC(CC)CC(C(=O)O)=C(C(=O)O)C(C)C. The van der Waals surface area contributed by atoms with Crippen LogP contribution in [0.1, 0.15) is 59.8 Å². The van der Waals surface area contributed by atoms with Crippen LogP contribution < -0.4 is 0 Å². The standard InChI is InChI=1S/C15H26O4/c1-5-7-8-11(6-2)9-12(14(16)17)13(10(3)4)15(18)19/h10-11H,5-9H2,1-4H3,(H,16,17)(H,18,19). The maximum absolute atomic E-state index is 11.4. The highest BCUT2D eigenvalue weighted by Gasteiger charge is 2.24. The average Bonchev–Trinajstić information content (AvgIpc) is 2.31. The van der Waals surface area contributed by atoms with E-state index >= 15 is 0 Å². The zero-order chi connectivity index (χ0) is 15.0. The molecule has 110 valence electrons. The van der Waals surface area contributed by atoms with Gasteiger partial charge < -0.3 is 10.2 Å². The van der Waals surface area contributed by atoms with Gasteiger partial charge in [-0.1, -0.05) is 53.4 Å². The second-order valence-electron chi connectivity index (χ2n) is 5.28. The molecule has 0 aliphatic heterocycles. The monoisotopic (exact) mass is 270 g/mol. The molecule has 0 radical (unpaired) electrons.